The van der Waals surface area contributed by atoms with E-state index in [-0.39, 0.29) is 43.0 Å². The number of oxazole rings is 1. The topological polar surface area (TPSA) is 167 Å². The molecule has 57 heavy (non-hydrogen) atoms. The van der Waals surface area contributed by atoms with E-state index in [9.17, 15) is 14.4 Å². The number of ketones is 1. The first kappa shape index (κ1) is 42.9. The summed E-state index contributed by atoms with van der Waals surface area (Å²) in [5, 5.41) is 9.02. The number of anilines is 1. The van der Waals surface area contributed by atoms with E-state index >= 15 is 4.79 Å². The highest BCUT2D eigenvalue weighted by molar-refractivity contribution is 9.10. The van der Waals surface area contributed by atoms with Gasteiger partial charge in [-0.1, -0.05) is 74.5 Å². The number of rotatable bonds is 13. The SMILES string of the molecule is COC(=O)[C@H](Cc1cccc(C2(c3oc([C@@H](NC(=O)OC(C)(C)C)C(C)C)nc3COCc3ccccc3)Nc3c(Br)cccc3C2=O)c1)NC(=O)OC(C)(C)C. The zero-order valence-electron chi connectivity index (χ0n) is 33.8. The number of nitrogens with zero attached hydrogens (tertiary/aromatic N) is 1. The largest absolute Gasteiger partial charge is 0.467 e. The number of esters is 1. The molecule has 0 fully saturated rings. The van der Waals surface area contributed by atoms with E-state index in [0.29, 0.717) is 32.5 Å². The number of amides is 2. The van der Waals surface area contributed by atoms with Gasteiger partial charge in [0.05, 0.1) is 26.0 Å². The fourth-order valence-electron chi connectivity index (χ4n) is 6.42. The molecular weight excluding hydrogens is 796 g/mol. The van der Waals surface area contributed by atoms with Crippen LogP contribution in [0.1, 0.15) is 106 Å². The predicted octanol–water partition coefficient (Wildman–Crippen LogP) is 8.54. The Hall–Kier alpha value is -5.21. The zero-order chi connectivity index (χ0) is 41.7. The minimum atomic E-state index is -1.70. The number of carbonyl (C=O) groups excluding carboxylic acids is 4. The van der Waals surface area contributed by atoms with Crippen molar-refractivity contribution in [2.24, 2.45) is 5.92 Å². The molecule has 1 unspecified atom stereocenters. The third-order valence-electron chi connectivity index (χ3n) is 8.90. The van der Waals surface area contributed by atoms with Gasteiger partial charge in [0.15, 0.2) is 11.3 Å². The quantitative estimate of drug-likeness (QED) is 0.0872. The number of fused-ring (bicyclic) bond motifs is 1. The average Bonchev–Trinajstić information content (AvgIpc) is 3.68. The van der Waals surface area contributed by atoms with Gasteiger partial charge in [-0.3, -0.25) is 4.79 Å². The summed E-state index contributed by atoms with van der Waals surface area (Å²) in [6, 6.07) is 20.2. The van der Waals surface area contributed by atoms with Gasteiger partial charge in [0, 0.05) is 16.5 Å². The van der Waals surface area contributed by atoms with Crippen LogP contribution >= 0.6 is 15.9 Å². The van der Waals surface area contributed by atoms with E-state index in [1.165, 1.54) is 7.11 Å². The molecule has 3 N–H and O–H groups in total. The van der Waals surface area contributed by atoms with Crippen molar-refractivity contribution in [2.45, 2.75) is 104 Å². The van der Waals surface area contributed by atoms with E-state index < -0.39 is 47.0 Å². The number of Topliss-reactive ketones (excluding diaryl/α,β-unsaturated/α-hetero) is 1. The Morgan fingerprint density at radius 2 is 1.49 bits per heavy atom. The molecule has 5 rings (SSSR count). The van der Waals surface area contributed by atoms with Crippen molar-refractivity contribution in [3.8, 4) is 0 Å². The number of methoxy groups -OCH3 is 1. The fraction of sp³-hybridized carbons (Fsp3) is 0.419. The summed E-state index contributed by atoms with van der Waals surface area (Å²) in [5.41, 5.74) is -0.0131. The van der Waals surface area contributed by atoms with Crippen LogP contribution in [0.2, 0.25) is 0 Å². The van der Waals surface area contributed by atoms with Gasteiger partial charge in [-0.15, -0.1) is 0 Å². The molecule has 3 atom stereocenters. The molecule has 1 aliphatic heterocycles. The normalized spacial score (nSPS) is 16.3. The molecular formula is C43H51BrN4O9. The number of carbonyl (C=O) groups is 4. The molecule has 0 saturated carbocycles. The fourth-order valence-corrected chi connectivity index (χ4v) is 6.88. The standard InChI is InChI=1S/C43H51BrN4O9/c1-25(2)33(47-40(52)57-42(6,7)8)37-45-32(24-54-23-26-15-11-10-12-16-26)36(55-37)43(35(49)29-19-14-20-30(44)34(29)48-43)28-18-13-17-27(21-28)22-31(38(50)53-9)46-39(51)56-41(3,4)5/h10-21,25,31,33,48H,22-24H2,1-9H3,(H,46,51)(H,47,52)/t31-,33-,43?/m0/s1. The first-order valence-corrected chi connectivity index (χ1v) is 19.5. The maximum Gasteiger partial charge on any atom is 0.408 e. The van der Waals surface area contributed by atoms with Crippen LogP contribution in [0.3, 0.4) is 0 Å². The van der Waals surface area contributed by atoms with Gasteiger partial charge in [-0.05, 0) is 92.2 Å². The number of hydrogen-bond donors (Lipinski definition) is 3. The monoisotopic (exact) mass is 846 g/mol. The van der Waals surface area contributed by atoms with Crippen LogP contribution in [-0.2, 0) is 48.9 Å². The summed E-state index contributed by atoms with van der Waals surface area (Å²) in [4.78, 5) is 58.9. The molecule has 0 radical (unpaired) electrons. The molecule has 0 saturated heterocycles. The van der Waals surface area contributed by atoms with Crippen LogP contribution in [0.25, 0.3) is 0 Å². The van der Waals surface area contributed by atoms with Crippen LogP contribution in [0.5, 0.6) is 0 Å². The van der Waals surface area contributed by atoms with Crippen molar-refractivity contribution < 1.29 is 42.5 Å². The lowest BCUT2D eigenvalue weighted by atomic mass is 9.81. The number of hydrogen-bond acceptors (Lipinski definition) is 11. The van der Waals surface area contributed by atoms with Crippen molar-refractivity contribution in [1.29, 1.82) is 0 Å². The first-order valence-electron chi connectivity index (χ1n) is 18.7. The maximum absolute atomic E-state index is 15.1. The number of para-hydroxylation sites is 1. The molecule has 2 amide bonds. The highest BCUT2D eigenvalue weighted by Crippen LogP contribution is 2.48. The highest BCUT2D eigenvalue weighted by Gasteiger charge is 2.53. The molecule has 0 spiro atoms. The predicted molar refractivity (Wildman–Crippen MR) is 217 cm³/mol. The summed E-state index contributed by atoms with van der Waals surface area (Å²) in [7, 11) is 1.23. The summed E-state index contributed by atoms with van der Waals surface area (Å²) in [5.74, 6) is -0.920. The van der Waals surface area contributed by atoms with Crippen molar-refractivity contribution in [3.63, 3.8) is 0 Å². The lowest BCUT2D eigenvalue weighted by Crippen LogP contribution is -2.45. The van der Waals surface area contributed by atoms with Gasteiger partial charge in [0.2, 0.25) is 11.7 Å². The molecule has 0 bridgehead atoms. The van der Waals surface area contributed by atoms with Gasteiger partial charge < -0.3 is 39.3 Å². The third-order valence-corrected chi connectivity index (χ3v) is 9.56. The van der Waals surface area contributed by atoms with Crippen molar-refractivity contribution in [2.75, 3.05) is 12.4 Å². The second kappa shape index (κ2) is 17.5. The van der Waals surface area contributed by atoms with E-state index in [0.717, 1.165) is 5.56 Å². The van der Waals surface area contributed by atoms with Crippen LogP contribution < -0.4 is 16.0 Å². The number of halogens is 1. The Morgan fingerprint density at radius 3 is 2.11 bits per heavy atom. The molecule has 1 aliphatic rings. The Morgan fingerprint density at radius 1 is 0.860 bits per heavy atom. The third kappa shape index (κ3) is 10.4. The van der Waals surface area contributed by atoms with E-state index in [1.54, 1.807) is 77.9 Å². The zero-order valence-corrected chi connectivity index (χ0v) is 35.4. The van der Waals surface area contributed by atoms with Gasteiger partial charge >= 0.3 is 18.2 Å². The summed E-state index contributed by atoms with van der Waals surface area (Å²) >= 11 is 3.62. The summed E-state index contributed by atoms with van der Waals surface area (Å²) in [6.45, 7) is 14.5. The van der Waals surface area contributed by atoms with Crippen LogP contribution in [0, 0.1) is 5.92 Å². The molecule has 304 valence electrons. The average molecular weight is 848 g/mol. The molecule has 13 nitrogen and oxygen atoms in total. The molecule has 1 aromatic heterocycles. The summed E-state index contributed by atoms with van der Waals surface area (Å²) in [6.07, 6.45) is -1.44. The van der Waals surface area contributed by atoms with Crippen LogP contribution in [0.4, 0.5) is 15.3 Å². The molecule has 14 heteroatoms. The maximum atomic E-state index is 15.1. The molecule has 4 aromatic rings. The number of ether oxygens (including phenoxy) is 4. The molecule has 0 aliphatic carbocycles. The Kier molecular flexibility index (Phi) is 13.2. The highest BCUT2D eigenvalue weighted by atomic mass is 79.9. The number of alkyl carbamates (subject to hydrolysis) is 2. The summed E-state index contributed by atoms with van der Waals surface area (Å²) < 4.78 is 29.6. The Bertz CT molecular complexity index is 2090. The molecule has 3 aromatic carbocycles. The number of benzene rings is 3. The van der Waals surface area contributed by atoms with Crippen LogP contribution in [0.15, 0.2) is 81.7 Å². The van der Waals surface area contributed by atoms with E-state index in [2.05, 4.69) is 31.9 Å². The van der Waals surface area contributed by atoms with Crippen molar-refractivity contribution >= 4 is 45.6 Å². The van der Waals surface area contributed by atoms with Crippen molar-refractivity contribution in [3.05, 3.63) is 117 Å². The second-order valence-electron chi connectivity index (χ2n) is 16.2. The molecule has 2 heterocycles. The minimum absolute atomic E-state index is 0.00456. The second-order valence-corrected chi connectivity index (χ2v) is 17.0. The number of aromatic nitrogens is 1. The Labute approximate surface area is 341 Å². The minimum Gasteiger partial charge on any atom is -0.467 e. The smallest absolute Gasteiger partial charge is 0.408 e. The van der Waals surface area contributed by atoms with Gasteiger partial charge in [-0.25, -0.2) is 19.4 Å². The first-order chi connectivity index (χ1) is 26.8. The van der Waals surface area contributed by atoms with Crippen molar-refractivity contribution in [1.82, 2.24) is 15.6 Å². The van der Waals surface area contributed by atoms with Gasteiger partial charge in [0.1, 0.15) is 29.0 Å². The lowest BCUT2D eigenvalue weighted by Gasteiger charge is -2.29. The van der Waals surface area contributed by atoms with Gasteiger partial charge in [0.25, 0.3) is 0 Å². The van der Waals surface area contributed by atoms with Crippen LogP contribution in [-0.4, -0.2) is 53.3 Å². The van der Waals surface area contributed by atoms with E-state index in [1.807, 2.05) is 50.2 Å². The Balaban J connectivity index is 1.65. The van der Waals surface area contributed by atoms with E-state index in [4.69, 9.17) is 28.3 Å². The number of nitrogens with one attached hydrogen (secondary N) is 3. The van der Waals surface area contributed by atoms with Gasteiger partial charge in [-0.2, -0.15) is 0 Å². The lowest BCUT2D eigenvalue weighted by molar-refractivity contribution is -0.143.